The molecule has 2 aromatic rings. The highest BCUT2D eigenvalue weighted by molar-refractivity contribution is 5.79. The van der Waals surface area contributed by atoms with E-state index < -0.39 is 0 Å². The van der Waals surface area contributed by atoms with Crippen molar-refractivity contribution in [1.29, 1.82) is 0 Å². The van der Waals surface area contributed by atoms with E-state index in [1.165, 1.54) is 38.5 Å². The summed E-state index contributed by atoms with van der Waals surface area (Å²) in [4.78, 5) is 78.7. The fraction of sp³-hybridized carbons (Fsp3) is 0.718. The fourth-order valence-corrected chi connectivity index (χ4v) is 12.8. The highest BCUT2D eigenvalue weighted by atomic mass is 16.5. The molecule has 0 heterocycles. The summed E-state index contributed by atoms with van der Waals surface area (Å²) >= 11 is 0. The van der Waals surface area contributed by atoms with Crippen LogP contribution in [-0.2, 0) is 60.6 Å². The SMILES string of the molecule is C=C(CCCCCCCC(=C)Oc1ccc(CC(=O)OCCC2CCC(CC(=O)N(CCC)CCCC(=O)CC3CCC(CCOC(=O)Cc4ccc(OC(=O)CCCCCCCC(=O)OCC(CC)CCCC)cc4)CC3)CC2)cc1)OCC(CC)CCCC. The molecule has 13 nitrogen and oxygen atoms in total. The van der Waals surface area contributed by atoms with Crippen LogP contribution in [0.15, 0.2) is 73.2 Å². The molecule has 0 N–H and O–H groups in total. The molecular formula is C78H123NO12. The van der Waals surface area contributed by atoms with E-state index in [-0.39, 0.29) is 48.4 Å². The molecule has 2 aromatic carbocycles. The molecule has 4 rings (SSSR count). The number of nitrogens with zero attached hydrogens (tertiary/aromatic N) is 1. The maximum Gasteiger partial charge on any atom is 0.311 e. The summed E-state index contributed by atoms with van der Waals surface area (Å²) < 4.78 is 34.3. The van der Waals surface area contributed by atoms with Gasteiger partial charge >= 0.3 is 23.9 Å². The molecule has 2 unspecified atom stereocenters. The third-order valence-electron chi connectivity index (χ3n) is 19.0. The van der Waals surface area contributed by atoms with Crippen molar-refractivity contribution in [3.63, 3.8) is 0 Å². The van der Waals surface area contributed by atoms with Gasteiger partial charge in [-0.3, -0.25) is 28.8 Å². The van der Waals surface area contributed by atoms with E-state index in [1.807, 2.05) is 29.2 Å². The van der Waals surface area contributed by atoms with Gasteiger partial charge in [0.1, 0.15) is 17.3 Å². The monoisotopic (exact) mass is 1270 g/mol. The van der Waals surface area contributed by atoms with Crippen molar-refractivity contribution < 1.29 is 57.2 Å². The molecule has 512 valence electrons. The number of hydrogen-bond donors (Lipinski definition) is 0. The zero-order valence-electron chi connectivity index (χ0n) is 57.7. The molecule has 1 amide bonds. The van der Waals surface area contributed by atoms with Gasteiger partial charge in [0.2, 0.25) is 5.91 Å². The Kier molecular flexibility index (Phi) is 41.4. The summed E-state index contributed by atoms with van der Waals surface area (Å²) in [5.74, 6) is 5.27. The molecular weight excluding hydrogens is 1140 g/mol. The van der Waals surface area contributed by atoms with Crippen LogP contribution >= 0.6 is 0 Å². The molecule has 13 heteroatoms. The zero-order valence-corrected chi connectivity index (χ0v) is 57.7. The van der Waals surface area contributed by atoms with Crippen LogP contribution in [-0.4, -0.2) is 80.0 Å². The first-order valence-corrected chi connectivity index (χ1v) is 36.5. The predicted molar refractivity (Wildman–Crippen MR) is 365 cm³/mol. The number of ketones is 1. The summed E-state index contributed by atoms with van der Waals surface area (Å²) in [6.07, 6.45) is 35.3. The van der Waals surface area contributed by atoms with Crippen molar-refractivity contribution in [2.45, 2.75) is 285 Å². The lowest BCUT2D eigenvalue weighted by atomic mass is 9.78. The Labute approximate surface area is 551 Å². The minimum absolute atomic E-state index is 0.110. The van der Waals surface area contributed by atoms with Crippen molar-refractivity contribution in [3.8, 4) is 11.5 Å². The van der Waals surface area contributed by atoms with E-state index >= 15 is 0 Å². The average molecular weight is 1270 g/mol. The molecule has 0 aliphatic heterocycles. The number of allylic oxidation sites excluding steroid dienone is 2. The smallest absolute Gasteiger partial charge is 0.311 e. The molecule has 91 heavy (non-hydrogen) atoms. The number of benzene rings is 2. The van der Waals surface area contributed by atoms with E-state index in [9.17, 15) is 28.8 Å². The molecule has 0 spiro atoms. The Morgan fingerprint density at radius 1 is 0.429 bits per heavy atom. The number of carbonyl (C=O) groups is 6. The second kappa shape index (κ2) is 48.3. The number of unbranched alkanes of at least 4 members (excludes halogenated alkanes) is 10. The highest BCUT2D eigenvalue weighted by Gasteiger charge is 2.27. The van der Waals surface area contributed by atoms with Crippen LogP contribution < -0.4 is 9.47 Å². The van der Waals surface area contributed by atoms with Gasteiger partial charge in [-0.15, -0.1) is 0 Å². The van der Waals surface area contributed by atoms with E-state index in [2.05, 4.69) is 47.8 Å². The van der Waals surface area contributed by atoms with Gasteiger partial charge in [0.05, 0.1) is 50.8 Å². The standard InChI is InChI=1S/C78H123NO12/c1-8-13-28-63(11-4)59-88-61(6)26-21-17-15-18-22-27-62(7)90-72-45-41-69(42-46-72)57-77(84)87-54-50-66-35-39-68(40-36-66)56-74(81)79(51-10-3)52-25-30-71(80)55-67-37-33-65(34-38-67)49-53-86-78(85)58-70-43-47-73(48-44-70)91-76(83)32-24-20-16-19-23-31-75(82)89-60-64(12-5)29-14-9-2/h41-48,63-68H,6-40,49-60H2,1-5H3. The van der Waals surface area contributed by atoms with Gasteiger partial charge in [0.15, 0.2) is 0 Å². The zero-order chi connectivity index (χ0) is 65.7. The minimum Gasteiger partial charge on any atom is -0.498 e. The van der Waals surface area contributed by atoms with Gasteiger partial charge in [-0.2, -0.15) is 0 Å². The van der Waals surface area contributed by atoms with Crippen molar-refractivity contribution in [2.75, 3.05) is 39.5 Å². The molecule has 0 bridgehead atoms. The largest absolute Gasteiger partial charge is 0.498 e. The summed E-state index contributed by atoms with van der Waals surface area (Å²) in [6.45, 7) is 22.6. The van der Waals surface area contributed by atoms with Crippen molar-refractivity contribution in [2.24, 2.45) is 35.5 Å². The molecule has 2 atom stereocenters. The second-order valence-corrected chi connectivity index (χ2v) is 26.9. The molecule has 0 aromatic heterocycles. The first-order chi connectivity index (χ1) is 44.2. The van der Waals surface area contributed by atoms with E-state index in [4.69, 9.17) is 28.4 Å². The van der Waals surface area contributed by atoms with Crippen LogP contribution in [0, 0.1) is 35.5 Å². The van der Waals surface area contributed by atoms with Crippen LogP contribution in [0.25, 0.3) is 0 Å². The number of hydrogen-bond acceptors (Lipinski definition) is 12. The van der Waals surface area contributed by atoms with Crippen LogP contribution in [0.1, 0.15) is 283 Å². The fourth-order valence-electron chi connectivity index (χ4n) is 12.8. The molecule has 2 aliphatic rings. The topological polar surface area (TPSA) is 161 Å². The van der Waals surface area contributed by atoms with Crippen molar-refractivity contribution >= 4 is 35.6 Å². The summed E-state index contributed by atoms with van der Waals surface area (Å²) in [6, 6.07) is 14.6. The average Bonchev–Trinajstić information content (AvgIpc) is 3.37. The number of carbonyl (C=O) groups excluding carboxylic acids is 6. The lowest BCUT2D eigenvalue weighted by molar-refractivity contribution is -0.145. The molecule has 2 fully saturated rings. The normalized spacial score (nSPS) is 17.1. The number of ether oxygens (including phenoxy) is 6. The third-order valence-corrected chi connectivity index (χ3v) is 19.0. The van der Waals surface area contributed by atoms with Gasteiger partial charge in [-0.1, -0.05) is 175 Å². The van der Waals surface area contributed by atoms with E-state index in [0.29, 0.717) is 113 Å². The van der Waals surface area contributed by atoms with Gasteiger partial charge in [-0.25, -0.2) is 0 Å². The van der Waals surface area contributed by atoms with Gasteiger partial charge in [0, 0.05) is 58.0 Å². The molecule has 2 saturated carbocycles. The van der Waals surface area contributed by atoms with Gasteiger partial charge < -0.3 is 33.3 Å². The molecule has 0 saturated heterocycles. The quantitative estimate of drug-likeness (QED) is 0.0203. The van der Waals surface area contributed by atoms with Crippen LogP contribution in [0.5, 0.6) is 11.5 Å². The van der Waals surface area contributed by atoms with Crippen molar-refractivity contribution in [1.82, 2.24) is 4.90 Å². The first kappa shape index (κ1) is 78.0. The van der Waals surface area contributed by atoms with Gasteiger partial charge in [0.25, 0.3) is 0 Å². The van der Waals surface area contributed by atoms with Gasteiger partial charge in [-0.05, 0) is 161 Å². The molecule has 0 radical (unpaired) electrons. The summed E-state index contributed by atoms with van der Waals surface area (Å²) in [5, 5.41) is 0. The molecule has 2 aliphatic carbocycles. The van der Waals surface area contributed by atoms with E-state index in [0.717, 1.165) is 196 Å². The minimum atomic E-state index is -0.281. The highest BCUT2D eigenvalue weighted by Crippen LogP contribution is 2.35. The lowest BCUT2D eigenvalue weighted by Gasteiger charge is -2.30. The van der Waals surface area contributed by atoms with Crippen LogP contribution in [0.3, 0.4) is 0 Å². The number of amides is 1. The Bertz CT molecular complexity index is 2350. The summed E-state index contributed by atoms with van der Waals surface area (Å²) in [7, 11) is 0. The third kappa shape index (κ3) is 36.5. The van der Waals surface area contributed by atoms with Crippen molar-refractivity contribution in [3.05, 3.63) is 84.3 Å². The van der Waals surface area contributed by atoms with Crippen LogP contribution in [0.4, 0.5) is 0 Å². The number of Topliss-reactive ketones (excluding diaryl/α,β-unsaturated/α-hetero) is 1. The maximum absolute atomic E-state index is 13.6. The Morgan fingerprint density at radius 2 is 0.868 bits per heavy atom. The maximum atomic E-state index is 13.6. The Hall–Kier alpha value is -5.46. The lowest BCUT2D eigenvalue weighted by Crippen LogP contribution is -2.34. The predicted octanol–water partition coefficient (Wildman–Crippen LogP) is 19.1. The van der Waals surface area contributed by atoms with Crippen LogP contribution in [0.2, 0.25) is 0 Å². The Balaban J connectivity index is 0.959. The Morgan fingerprint density at radius 3 is 1.36 bits per heavy atom. The number of esters is 4. The summed E-state index contributed by atoms with van der Waals surface area (Å²) in [5.41, 5.74) is 1.68. The first-order valence-electron chi connectivity index (χ1n) is 36.5. The van der Waals surface area contributed by atoms with E-state index in [1.54, 1.807) is 24.3 Å². The second-order valence-electron chi connectivity index (χ2n) is 26.9. The number of rotatable bonds is 52.